The third-order valence-corrected chi connectivity index (χ3v) is 3.09. The van der Waals surface area contributed by atoms with E-state index in [1.54, 1.807) is 6.07 Å². The highest BCUT2D eigenvalue weighted by molar-refractivity contribution is 5.37. The highest BCUT2D eigenvalue weighted by Gasteiger charge is 2.15. The molecular formula is C12H17NO2. The summed E-state index contributed by atoms with van der Waals surface area (Å²) in [6.45, 7) is 2.00. The van der Waals surface area contributed by atoms with Crippen molar-refractivity contribution in [3.63, 3.8) is 0 Å². The molecule has 1 fully saturated rings. The van der Waals surface area contributed by atoms with Crippen molar-refractivity contribution in [2.24, 2.45) is 0 Å². The van der Waals surface area contributed by atoms with E-state index in [1.807, 2.05) is 12.1 Å². The maximum atomic E-state index is 9.65. The van der Waals surface area contributed by atoms with Crippen LogP contribution in [0.3, 0.4) is 0 Å². The van der Waals surface area contributed by atoms with Gasteiger partial charge in [-0.15, -0.1) is 0 Å². The Balaban J connectivity index is 2.17. The third-order valence-electron chi connectivity index (χ3n) is 3.09. The van der Waals surface area contributed by atoms with Gasteiger partial charge >= 0.3 is 0 Å². The van der Waals surface area contributed by atoms with Gasteiger partial charge in [0.05, 0.1) is 6.61 Å². The highest BCUT2D eigenvalue weighted by Crippen LogP contribution is 2.29. The highest BCUT2D eigenvalue weighted by atomic mass is 16.3. The summed E-state index contributed by atoms with van der Waals surface area (Å²) in [5, 5.41) is 21.9. The van der Waals surface area contributed by atoms with Gasteiger partial charge in [0.15, 0.2) is 0 Å². The number of benzene rings is 1. The second-order valence-corrected chi connectivity index (χ2v) is 4.07. The smallest absolute Gasteiger partial charge is 0.121 e. The Morgan fingerprint density at radius 3 is 2.60 bits per heavy atom. The van der Waals surface area contributed by atoms with Crippen molar-refractivity contribution in [1.82, 2.24) is 5.32 Å². The van der Waals surface area contributed by atoms with Crippen LogP contribution < -0.4 is 5.32 Å². The first-order valence-electron chi connectivity index (χ1n) is 5.44. The second-order valence-electron chi connectivity index (χ2n) is 4.07. The van der Waals surface area contributed by atoms with Crippen LogP contribution in [0.2, 0.25) is 0 Å². The molecule has 15 heavy (non-hydrogen) atoms. The molecule has 1 aromatic rings. The van der Waals surface area contributed by atoms with Crippen LogP contribution in [-0.4, -0.2) is 23.3 Å². The first-order valence-corrected chi connectivity index (χ1v) is 5.44. The maximum Gasteiger partial charge on any atom is 0.121 e. The summed E-state index contributed by atoms with van der Waals surface area (Å²) in [4.78, 5) is 0. The predicted molar refractivity (Wildman–Crippen MR) is 58.9 cm³/mol. The van der Waals surface area contributed by atoms with Gasteiger partial charge in [-0.05, 0) is 43.5 Å². The molecule has 0 bridgehead atoms. The number of piperidine rings is 1. The standard InChI is InChI=1S/C12H17NO2/c14-8-11-2-1-10(7-12(11)15)9-3-5-13-6-4-9/h1-2,7,9,13-15H,3-6,8H2. The molecule has 0 atom stereocenters. The van der Waals surface area contributed by atoms with E-state index < -0.39 is 0 Å². The number of rotatable bonds is 2. The summed E-state index contributed by atoms with van der Waals surface area (Å²) < 4.78 is 0. The number of nitrogens with one attached hydrogen (secondary N) is 1. The summed E-state index contributed by atoms with van der Waals surface area (Å²) in [6, 6.07) is 5.62. The topological polar surface area (TPSA) is 52.5 Å². The van der Waals surface area contributed by atoms with Gasteiger partial charge in [0, 0.05) is 5.56 Å². The zero-order chi connectivity index (χ0) is 10.7. The first kappa shape index (κ1) is 10.5. The van der Waals surface area contributed by atoms with E-state index in [0.29, 0.717) is 11.5 Å². The average Bonchev–Trinajstić information content (AvgIpc) is 2.30. The van der Waals surface area contributed by atoms with E-state index in [0.717, 1.165) is 25.9 Å². The van der Waals surface area contributed by atoms with Crippen molar-refractivity contribution in [3.05, 3.63) is 29.3 Å². The van der Waals surface area contributed by atoms with Crippen LogP contribution in [-0.2, 0) is 6.61 Å². The summed E-state index contributed by atoms with van der Waals surface area (Å²) in [6.07, 6.45) is 2.25. The zero-order valence-corrected chi connectivity index (χ0v) is 8.74. The Kier molecular flexibility index (Phi) is 3.23. The van der Waals surface area contributed by atoms with Crippen molar-refractivity contribution < 1.29 is 10.2 Å². The molecule has 0 unspecified atom stereocenters. The Bertz CT molecular complexity index is 332. The fourth-order valence-electron chi connectivity index (χ4n) is 2.12. The average molecular weight is 207 g/mol. The van der Waals surface area contributed by atoms with E-state index in [4.69, 9.17) is 5.11 Å². The van der Waals surface area contributed by atoms with Gasteiger partial charge in [-0.3, -0.25) is 0 Å². The first-order chi connectivity index (χ1) is 7.31. The molecule has 0 saturated carbocycles. The summed E-state index contributed by atoms with van der Waals surface area (Å²) in [7, 11) is 0. The van der Waals surface area contributed by atoms with Gasteiger partial charge in [0.25, 0.3) is 0 Å². The molecule has 0 aliphatic carbocycles. The van der Waals surface area contributed by atoms with Crippen molar-refractivity contribution >= 4 is 0 Å². The van der Waals surface area contributed by atoms with Crippen molar-refractivity contribution in [1.29, 1.82) is 0 Å². The Morgan fingerprint density at radius 2 is 2.00 bits per heavy atom. The molecule has 1 aliphatic heterocycles. The SMILES string of the molecule is OCc1ccc(C2CCNCC2)cc1O. The minimum Gasteiger partial charge on any atom is -0.508 e. The van der Waals surface area contributed by atoms with Gasteiger partial charge in [-0.2, -0.15) is 0 Å². The van der Waals surface area contributed by atoms with Crippen LogP contribution in [0.15, 0.2) is 18.2 Å². The maximum absolute atomic E-state index is 9.65. The van der Waals surface area contributed by atoms with E-state index in [2.05, 4.69) is 5.32 Å². The molecule has 3 N–H and O–H groups in total. The lowest BCUT2D eigenvalue weighted by molar-refractivity contribution is 0.275. The van der Waals surface area contributed by atoms with Gasteiger partial charge in [0.2, 0.25) is 0 Å². The van der Waals surface area contributed by atoms with Crippen LogP contribution in [0.5, 0.6) is 5.75 Å². The van der Waals surface area contributed by atoms with Gasteiger partial charge in [0.1, 0.15) is 5.75 Å². The van der Waals surface area contributed by atoms with Crippen LogP contribution in [0.25, 0.3) is 0 Å². The fraction of sp³-hybridized carbons (Fsp3) is 0.500. The third kappa shape index (κ3) is 2.30. The monoisotopic (exact) mass is 207 g/mol. The predicted octanol–water partition coefficient (Wildman–Crippen LogP) is 1.35. The fourth-order valence-corrected chi connectivity index (χ4v) is 2.12. The van der Waals surface area contributed by atoms with Crippen molar-refractivity contribution in [3.8, 4) is 5.75 Å². The molecule has 0 radical (unpaired) electrons. The lowest BCUT2D eigenvalue weighted by Gasteiger charge is -2.23. The molecule has 0 amide bonds. The van der Waals surface area contributed by atoms with Gasteiger partial charge < -0.3 is 15.5 Å². The quantitative estimate of drug-likeness (QED) is 0.686. The normalized spacial score (nSPS) is 17.9. The van der Waals surface area contributed by atoms with Gasteiger partial charge in [-0.25, -0.2) is 0 Å². The van der Waals surface area contributed by atoms with Crippen molar-refractivity contribution in [2.75, 3.05) is 13.1 Å². The molecule has 2 rings (SSSR count). The molecule has 82 valence electrons. The van der Waals surface area contributed by atoms with E-state index in [9.17, 15) is 5.11 Å². The minimum atomic E-state index is -0.0989. The number of phenols is 1. The molecule has 1 aliphatic rings. The number of aromatic hydroxyl groups is 1. The Hall–Kier alpha value is -1.06. The lowest BCUT2D eigenvalue weighted by atomic mass is 9.89. The molecule has 0 aromatic heterocycles. The zero-order valence-electron chi connectivity index (χ0n) is 8.74. The number of aliphatic hydroxyl groups is 1. The summed E-state index contributed by atoms with van der Waals surface area (Å²) in [5.74, 6) is 0.762. The van der Waals surface area contributed by atoms with E-state index in [-0.39, 0.29) is 12.4 Å². The van der Waals surface area contributed by atoms with Crippen LogP contribution in [0.4, 0.5) is 0 Å². The minimum absolute atomic E-state index is 0.0989. The largest absolute Gasteiger partial charge is 0.508 e. The molecular weight excluding hydrogens is 190 g/mol. The molecule has 3 nitrogen and oxygen atoms in total. The number of hydrogen-bond acceptors (Lipinski definition) is 3. The van der Waals surface area contributed by atoms with Gasteiger partial charge in [-0.1, -0.05) is 12.1 Å². The van der Waals surface area contributed by atoms with Crippen molar-refractivity contribution in [2.45, 2.75) is 25.4 Å². The molecule has 3 heteroatoms. The van der Waals surface area contributed by atoms with Crippen LogP contribution in [0.1, 0.15) is 29.9 Å². The molecule has 1 heterocycles. The number of aliphatic hydroxyl groups excluding tert-OH is 1. The van der Waals surface area contributed by atoms with E-state index in [1.165, 1.54) is 5.56 Å². The molecule has 0 spiro atoms. The van der Waals surface area contributed by atoms with E-state index >= 15 is 0 Å². The van der Waals surface area contributed by atoms with Crippen LogP contribution in [0, 0.1) is 0 Å². The number of hydrogen-bond donors (Lipinski definition) is 3. The van der Waals surface area contributed by atoms with Crippen LogP contribution >= 0.6 is 0 Å². The Labute approximate surface area is 89.8 Å². The second kappa shape index (κ2) is 4.64. The summed E-state index contributed by atoms with van der Waals surface area (Å²) in [5.41, 5.74) is 1.79. The Morgan fingerprint density at radius 1 is 1.27 bits per heavy atom. The molecule has 1 saturated heterocycles. The summed E-state index contributed by atoms with van der Waals surface area (Å²) >= 11 is 0. The molecule has 1 aromatic carbocycles. The lowest BCUT2D eigenvalue weighted by Crippen LogP contribution is -2.26.